The van der Waals surface area contributed by atoms with Crippen LogP contribution in [0.25, 0.3) is 0 Å². The summed E-state index contributed by atoms with van der Waals surface area (Å²) in [5.74, 6) is 1.86. The first-order chi connectivity index (χ1) is 11.4. The van der Waals surface area contributed by atoms with Gasteiger partial charge >= 0.3 is 0 Å². The molecule has 1 aliphatic rings. The average Bonchev–Trinajstić information content (AvgIpc) is 3.11. The first-order valence-electron chi connectivity index (χ1n) is 8.20. The van der Waals surface area contributed by atoms with Crippen LogP contribution in [-0.4, -0.2) is 57.8 Å². The maximum atomic E-state index is 5.74. The van der Waals surface area contributed by atoms with Gasteiger partial charge in [0.25, 0.3) is 0 Å². The van der Waals surface area contributed by atoms with Gasteiger partial charge in [-0.3, -0.25) is 4.99 Å². The molecule has 1 unspecified atom stereocenters. The minimum absolute atomic E-state index is 0.294. The van der Waals surface area contributed by atoms with Crippen molar-refractivity contribution in [2.24, 2.45) is 4.99 Å². The first kappa shape index (κ1) is 18.1. The van der Waals surface area contributed by atoms with Crippen LogP contribution in [0.3, 0.4) is 0 Å². The molecule has 0 aromatic heterocycles. The molecule has 2 N–H and O–H groups in total. The molecule has 0 spiro atoms. The Labute approximate surface area is 143 Å². The first-order valence-corrected chi connectivity index (χ1v) is 9.19. The topological polar surface area (TPSA) is 54.9 Å². The number of nitrogens with zero attached hydrogens (tertiary/aromatic N) is 1. The summed E-state index contributed by atoms with van der Waals surface area (Å²) in [5, 5.41) is 6.64. The number of hydrogen-bond donors (Lipinski definition) is 2. The molecule has 1 fully saturated rings. The highest BCUT2D eigenvalue weighted by molar-refractivity contribution is 7.99. The van der Waals surface area contributed by atoms with Gasteiger partial charge in [-0.1, -0.05) is 18.2 Å². The Morgan fingerprint density at radius 2 is 2.13 bits per heavy atom. The fourth-order valence-electron chi connectivity index (χ4n) is 2.25. The maximum absolute atomic E-state index is 5.74. The quantitative estimate of drug-likeness (QED) is 0.313. The summed E-state index contributed by atoms with van der Waals surface area (Å²) in [7, 11) is 1.80. The second kappa shape index (κ2) is 11.3. The van der Waals surface area contributed by atoms with Crippen molar-refractivity contribution in [1.82, 2.24) is 10.6 Å². The molecule has 1 heterocycles. The van der Waals surface area contributed by atoms with Gasteiger partial charge in [-0.25, -0.2) is 0 Å². The molecule has 23 heavy (non-hydrogen) atoms. The molecule has 6 heteroatoms. The smallest absolute Gasteiger partial charge is 0.191 e. The summed E-state index contributed by atoms with van der Waals surface area (Å²) in [6.07, 6.45) is 2.29. The Hall–Kier alpha value is -1.24. The highest BCUT2D eigenvalue weighted by Gasteiger charge is 2.15. The van der Waals surface area contributed by atoms with Gasteiger partial charge in [-0.15, -0.1) is 11.8 Å². The number of aliphatic imine (C=N–C) groups is 1. The molecular weight excluding hydrogens is 310 g/mol. The molecule has 2 rings (SSSR count). The van der Waals surface area contributed by atoms with E-state index in [1.807, 2.05) is 17.8 Å². The largest absolute Gasteiger partial charge is 0.379 e. The van der Waals surface area contributed by atoms with E-state index < -0.39 is 0 Å². The third-order valence-electron chi connectivity index (χ3n) is 3.49. The van der Waals surface area contributed by atoms with Crippen LogP contribution in [-0.2, 0) is 9.47 Å². The zero-order chi connectivity index (χ0) is 16.2. The van der Waals surface area contributed by atoms with Gasteiger partial charge in [0.15, 0.2) is 5.96 Å². The molecule has 1 saturated heterocycles. The number of guanidine groups is 1. The van der Waals surface area contributed by atoms with E-state index in [0.29, 0.717) is 6.10 Å². The third kappa shape index (κ3) is 7.72. The lowest BCUT2D eigenvalue weighted by atomic mass is 10.3. The summed E-state index contributed by atoms with van der Waals surface area (Å²) in [4.78, 5) is 5.53. The molecular formula is C17H27N3O2S. The predicted octanol–water partition coefficient (Wildman–Crippen LogP) is 2.14. The van der Waals surface area contributed by atoms with Crippen LogP contribution in [0.5, 0.6) is 0 Å². The van der Waals surface area contributed by atoms with Gasteiger partial charge < -0.3 is 20.1 Å². The Morgan fingerprint density at radius 1 is 1.30 bits per heavy atom. The fraction of sp³-hybridized carbons (Fsp3) is 0.588. The Balaban J connectivity index is 1.48. The van der Waals surface area contributed by atoms with Gasteiger partial charge in [-0.2, -0.15) is 0 Å². The number of benzene rings is 1. The van der Waals surface area contributed by atoms with Gasteiger partial charge in [0.05, 0.1) is 12.7 Å². The third-order valence-corrected chi connectivity index (χ3v) is 4.50. The minimum atomic E-state index is 0.294. The minimum Gasteiger partial charge on any atom is -0.379 e. The van der Waals surface area contributed by atoms with E-state index in [2.05, 4.69) is 39.9 Å². The molecule has 0 radical (unpaired) electrons. The number of nitrogens with one attached hydrogen (secondary N) is 2. The summed E-state index contributed by atoms with van der Waals surface area (Å²) < 4.78 is 11.0. The Kier molecular flexibility index (Phi) is 8.91. The van der Waals surface area contributed by atoms with Crippen molar-refractivity contribution in [3.63, 3.8) is 0 Å². The molecule has 128 valence electrons. The van der Waals surface area contributed by atoms with E-state index >= 15 is 0 Å². The standard InChI is InChI=1S/C17H27N3O2S/c1-18-17(19-9-5-11-22-15-8-12-21-14-15)20-10-13-23-16-6-3-2-4-7-16/h2-4,6-7,15H,5,8-14H2,1H3,(H2,18,19,20). The molecule has 0 saturated carbocycles. The molecule has 0 bridgehead atoms. The molecule has 1 atom stereocenters. The van der Waals surface area contributed by atoms with Crippen molar-refractivity contribution >= 4 is 17.7 Å². The molecule has 5 nitrogen and oxygen atoms in total. The van der Waals surface area contributed by atoms with Crippen molar-refractivity contribution in [2.75, 3.05) is 45.7 Å². The van der Waals surface area contributed by atoms with E-state index in [0.717, 1.165) is 57.5 Å². The Bertz CT molecular complexity index is 450. The summed E-state index contributed by atoms with van der Waals surface area (Å²) in [6, 6.07) is 10.4. The number of ether oxygens (including phenoxy) is 2. The van der Waals surface area contributed by atoms with Crippen molar-refractivity contribution < 1.29 is 9.47 Å². The van der Waals surface area contributed by atoms with Gasteiger partial charge in [-0.05, 0) is 25.0 Å². The zero-order valence-electron chi connectivity index (χ0n) is 13.8. The van der Waals surface area contributed by atoms with Gasteiger partial charge in [0, 0.05) is 44.0 Å². The number of hydrogen-bond acceptors (Lipinski definition) is 4. The predicted molar refractivity (Wildman–Crippen MR) is 96.3 cm³/mol. The van der Waals surface area contributed by atoms with E-state index in [-0.39, 0.29) is 0 Å². The summed E-state index contributed by atoms with van der Waals surface area (Å²) >= 11 is 1.84. The molecule has 1 aliphatic heterocycles. The van der Waals surface area contributed by atoms with Crippen LogP contribution in [0.1, 0.15) is 12.8 Å². The van der Waals surface area contributed by atoms with E-state index in [4.69, 9.17) is 9.47 Å². The van der Waals surface area contributed by atoms with Crippen LogP contribution in [0.4, 0.5) is 0 Å². The lowest BCUT2D eigenvalue weighted by molar-refractivity contribution is 0.0420. The lowest BCUT2D eigenvalue weighted by Gasteiger charge is -2.13. The lowest BCUT2D eigenvalue weighted by Crippen LogP contribution is -2.39. The zero-order valence-corrected chi connectivity index (χ0v) is 14.6. The van der Waals surface area contributed by atoms with Crippen LogP contribution in [0.15, 0.2) is 40.2 Å². The Morgan fingerprint density at radius 3 is 2.87 bits per heavy atom. The van der Waals surface area contributed by atoms with Crippen molar-refractivity contribution in [3.05, 3.63) is 30.3 Å². The number of thioether (sulfide) groups is 1. The van der Waals surface area contributed by atoms with Crippen molar-refractivity contribution in [1.29, 1.82) is 0 Å². The van der Waals surface area contributed by atoms with E-state index in [1.165, 1.54) is 4.90 Å². The summed E-state index contributed by atoms with van der Waals surface area (Å²) in [5.41, 5.74) is 0. The van der Waals surface area contributed by atoms with Crippen LogP contribution < -0.4 is 10.6 Å². The van der Waals surface area contributed by atoms with Crippen LogP contribution >= 0.6 is 11.8 Å². The molecule has 1 aromatic rings. The molecule has 1 aromatic carbocycles. The van der Waals surface area contributed by atoms with Gasteiger partial charge in [0.2, 0.25) is 0 Å². The van der Waals surface area contributed by atoms with Crippen LogP contribution in [0, 0.1) is 0 Å². The highest BCUT2D eigenvalue weighted by atomic mass is 32.2. The fourth-order valence-corrected chi connectivity index (χ4v) is 3.04. The second-order valence-electron chi connectivity index (χ2n) is 5.30. The average molecular weight is 337 g/mol. The molecule has 0 aliphatic carbocycles. The monoisotopic (exact) mass is 337 g/mol. The normalized spacial score (nSPS) is 18.1. The van der Waals surface area contributed by atoms with E-state index in [9.17, 15) is 0 Å². The van der Waals surface area contributed by atoms with E-state index in [1.54, 1.807) is 7.05 Å². The second-order valence-corrected chi connectivity index (χ2v) is 6.47. The number of rotatable bonds is 9. The summed E-state index contributed by atoms with van der Waals surface area (Å²) in [6.45, 7) is 4.09. The molecule has 0 amide bonds. The van der Waals surface area contributed by atoms with Gasteiger partial charge in [0.1, 0.15) is 0 Å². The van der Waals surface area contributed by atoms with Crippen molar-refractivity contribution in [3.8, 4) is 0 Å². The van der Waals surface area contributed by atoms with Crippen molar-refractivity contribution in [2.45, 2.75) is 23.8 Å². The highest BCUT2D eigenvalue weighted by Crippen LogP contribution is 2.15. The maximum Gasteiger partial charge on any atom is 0.191 e. The SMILES string of the molecule is CN=C(NCCCOC1CCOC1)NCCSc1ccccc1. The van der Waals surface area contributed by atoms with Crippen LogP contribution in [0.2, 0.25) is 0 Å².